The maximum absolute atomic E-state index is 12.4. The fraction of sp³-hybridized carbons (Fsp3) is 0.294. The van der Waals surface area contributed by atoms with E-state index < -0.39 is 15.9 Å². The van der Waals surface area contributed by atoms with Gasteiger partial charge in [0.25, 0.3) is 5.91 Å². The summed E-state index contributed by atoms with van der Waals surface area (Å²) in [7, 11) is -3.28. The molecule has 2 heterocycles. The van der Waals surface area contributed by atoms with Crippen molar-refractivity contribution in [3.05, 3.63) is 47.9 Å². The number of pyridine rings is 1. The summed E-state index contributed by atoms with van der Waals surface area (Å²) in [6.07, 6.45) is 1.71. The first-order valence-corrected chi connectivity index (χ1v) is 10.1. The first-order valence-electron chi connectivity index (χ1n) is 8.45. The number of aromatic nitrogens is 4. The van der Waals surface area contributed by atoms with Gasteiger partial charge < -0.3 is 5.32 Å². The highest BCUT2D eigenvalue weighted by atomic mass is 32.2. The quantitative estimate of drug-likeness (QED) is 0.578. The number of hydrogen-bond acceptors (Lipinski definition) is 6. The lowest BCUT2D eigenvalue weighted by Crippen LogP contribution is -2.35. The summed E-state index contributed by atoms with van der Waals surface area (Å²) in [6, 6.07) is 9.41. The van der Waals surface area contributed by atoms with Crippen LogP contribution >= 0.6 is 0 Å². The Labute approximate surface area is 156 Å². The number of fused-ring (bicyclic) bond motifs is 1. The maximum Gasteiger partial charge on any atom is 0.273 e. The highest BCUT2D eigenvalue weighted by molar-refractivity contribution is 7.89. The van der Waals surface area contributed by atoms with Crippen molar-refractivity contribution in [1.29, 1.82) is 0 Å². The number of sulfonamides is 1. The number of benzene rings is 1. The van der Waals surface area contributed by atoms with Gasteiger partial charge in [-0.2, -0.15) is 0 Å². The minimum atomic E-state index is -3.28. The summed E-state index contributed by atoms with van der Waals surface area (Å²) in [5.74, 6) is -0.415. The largest absolute Gasteiger partial charge is 0.349 e. The summed E-state index contributed by atoms with van der Waals surface area (Å²) >= 11 is 0. The average Bonchev–Trinajstić information content (AvgIpc) is 3.06. The highest BCUT2D eigenvalue weighted by Crippen LogP contribution is 2.21. The van der Waals surface area contributed by atoms with Gasteiger partial charge in [-0.25, -0.2) is 17.8 Å². The number of nitrogens with zero attached hydrogens (tertiary/aromatic N) is 4. The topological polar surface area (TPSA) is 119 Å². The Morgan fingerprint density at radius 1 is 1.19 bits per heavy atom. The Hall–Kier alpha value is -2.85. The number of carbonyl (C=O) groups excluding carboxylic acids is 1. The van der Waals surface area contributed by atoms with Crippen molar-refractivity contribution >= 4 is 26.8 Å². The molecule has 2 N–H and O–H groups in total. The Morgan fingerprint density at radius 3 is 2.78 bits per heavy atom. The minimum Gasteiger partial charge on any atom is -0.349 e. The molecule has 2 aromatic heterocycles. The smallest absolute Gasteiger partial charge is 0.273 e. The molecule has 0 bridgehead atoms. The molecule has 27 heavy (non-hydrogen) atoms. The molecular weight excluding hydrogens is 368 g/mol. The molecule has 1 amide bonds. The molecule has 10 heteroatoms. The zero-order chi connectivity index (χ0) is 19.4. The summed E-state index contributed by atoms with van der Waals surface area (Å²) < 4.78 is 26.7. The molecule has 0 atom stereocenters. The lowest BCUT2D eigenvalue weighted by molar-refractivity contribution is 0.0948. The van der Waals surface area contributed by atoms with E-state index in [0.29, 0.717) is 5.69 Å². The molecule has 0 saturated heterocycles. The fourth-order valence-corrected chi connectivity index (χ4v) is 3.23. The normalized spacial score (nSPS) is 11.6. The van der Waals surface area contributed by atoms with Gasteiger partial charge in [-0.15, -0.1) is 5.10 Å². The Bertz CT molecular complexity index is 1070. The van der Waals surface area contributed by atoms with Crippen LogP contribution in [0.5, 0.6) is 0 Å². The molecule has 0 aliphatic rings. The number of rotatable bonds is 7. The van der Waals surface area contributed by atoms with Crippen molar-refractivity contribution in [3.63, 3.8) is 0 Å². The standard InChI is InChI=1S/C17H20N6O3S/c1-3-27(25,26)20-11-10-19-17(24)16-12(2)23(22-21-16)15-8-4-7-14-13(15)6-5-9-18-14/h4-9,20H,3,10-11H2,1-2H3,(H,19,24). The molecule has 0 aliphatic carbocycles. The molecule has 0 radical (unpaired) electrons. The number of nitrogens with one attached hydrogen (secondary N) is 2. The monoisotopic (exact) mass is 388 g/mol. The molecule has 0 fully saturated rings. The van der Waals surface area contributed by atoms with E-state index in [1.165, 1.54) is 0 Å². The van der Waals surface area contributed by atoms with Gasteiger partial charge >= 0.3 is 0 Å². The molecule has 3 aromatic rings. The summed E-state index contributed by atoms with van der Waals surface area (Å²) in [5.41, 5.74) is 2.37. The van der Waals surface area contributed by atoms with Crippen LogP contribution in [0.15, 0.2) is 36.5 Å². The van der Waals surface area contributed by atoms with Crippen LogP contribution in [0.3, 0.4) is 0 Å². The lowest BCUT2D eigenvalue weighted by Gasteiger charge is -2.08. The van der Waals surface area contributed by atoms with Crippen LogP contribution < -0.4 is 10.0 Å². The molecule has 1 aromatic carbocycles. The van der Waals surface area contributed by atoms with Gasteiger partial charge in [0.05, 0.1) is 22.7 Å². The molecule has 142 valence electrons. The predicted molar refractivity (Wildman–Crippen MR) is 101 cm³/mol. The lowest BCUT2D eigenvalue weighted by atomic mass is 10.2. The zero-order valence-corrected chi connectivity index (χ0v) is 15.8. The van der Waals surface area contributed by atoms with Crippen LogP contribution in [0.2, 0.25) is 0 Å². The SMILES string of the molecule is CCS(=O)(=O)NCCNC(=O)c1nnn(-c2cccc3ncccc23)c1C. The van der Waals surface area contributed by atoms with Crippen molar-refractivity contribution in [2.24, 2.45) is 0 Å². The van der Waals surface area contributed by atoms with E-state index >= 15 is 0 Å². The fourth-order valence-electron chi connectivity index (χ4n) is 2.61. The Kier molecular flexibility index (Phi) is 5.47. The number of hydrogen-bond donors (Lipinski definition) is 2. The van der Waals surface area contributed by atoms with Crippen molar-refractivity contribution in [1.82, 2.24) is 30.0 Å². The molecule has 0 saturated carbocycles. The second-order valence-corrected chi connectivity index (χ2v) is 7.93. The van der Waals surface area contributed by atoms with E-state index in [1.54, 1.807) is 24.7 Å². The number of amides is 1. The van der Waals surface area contributed by atoms with Gasteiger partial charge in [0.1, 0.15) is 0 Å². The van der Waals surface area contributed by atoms with Gasteiger partial charge in [-0.1, -0.05) is 11.3 Å². The third kappa shape index (κ3) is 4.12. The van der Waals surface area contributed by atoms with E-state index in [1.807, 2.05) is 30.3 Å². The van der Waals surface area contributed by atoms with Crippen molar-refractivity contribution < 1.29 is 13.2 Å². The molecule has 0 aliphatic heterocycles. The first-order chi connectivity index (χ1) is 12.9. The maximum atomic E-state index is 12.4. The van der Waals surface area contributed by atoms with E-state index in [0.717, 1.165) is 16.6 Å². The third-order valence-corrected chi connectivity index (χ3v) is 5.48. The molecule has 0 spiro atoms. The predicted octanol–water partition coefficient (Wildman–Crippen LogP) is 0.793. The van der Waals surface area contributed by atoms with Crippen molar-refractivity contribution in [3.8, 4) is 5.69 Å². The Balaban J connectivity index is 1.76. The van der Waals surface area contributed by atoms with Crippen LogP contribution in [0.1, 0.15) is 23.1 Å². The molecule has 0 unspecified atom stereocenters. The second-order valence-electron chi connectivity index (χ2n) is 5.84. The number of carbonyl (C=O) groups is 1. The van der Waals surface area contributed by atoms with Crippen molar-refractivity contribution in [2.75, 3.05) is 18.8 Å². The molecule has 3 rings (SSSR count). The van der Waals surface area contributed by atoms with E-state index in [2.05, 4.69) is 25.3 Å². The zero-order valence-electron chi connectivity index (χ0n) is 15.0. The summed E-state index contributed by atoms with van der Waals surface area (Å²) in [5, 5.41) is 11.6. The van der Waals surface area contributed by atoms with Gasteiger partial charge in [0.2, 0.25) is 10.0 Å². The highest BCUT2D eigenvalue weighted by Gasteiger charge is 2.18. The van der Waals surface area contributed by atoms with Crippen LogP contribution in [-0.2, 0) is 10.0 Å². The van der Waals surface area contributed by atoms with Crippen LogP contribution in [0, 0.1) is 6.92 Å². The summed E-state index contributed by atoms with van der Waals surface area (Å²) in [4.78, 5) is 16.7. The first kappa shape index (κ1) is 18.9. The average molecular weight is 388 g/mol. The second kappa shape index (κ2) is 7.80. The van der Waals surface area contributed by atoms with Gasteiger partial charge in [0, 0.05) is 24.7 Å². The van der Waals surface area contributed by atoms with Crippen LogP contribution in [0.4, 0.5) is 0 Å². The van der Waals surface area contributed by atoms with E-state index in [4.69, 9.17) is 0 Å². The summed E-state index contributed by atoms with van der Waals surface area (Å²) in [6.45, 7) is 3.57. The molecule has 9 nitrogen and oxygen atoms in total. The van der Waals surface area contributed by atoms with Crippen LogP contribution in [-0.4, -0.2) is 53.1 Å². The minimum absolute atomic E-state index is 0.00568. The third-order valence-electron chi connectivity index (χ3n) is 4.07. The van der Waals surface area contributed by atoms with Crippen molar-refractivity contribution in [2.45, 2.75) is 13.8 Å². The van der Waals surface area contributed by atoms with Gasteiger partial charge in [0.15, 0.2) is 5.69 Å². The van der Waals surface area contributed by atoms with Crippen LogP contribution in [0.25, 0.3) is 16.6 Å². The molecular formula is C17H20N6O3S. The van der Waals surface area contributed by atoms with E-state index in [-0.39, 0.29) is 24.5 Å². The van der Waals surface area contributed by atoms with Gasteiger partial charge in [-0.05, 0) is 38.1 Å². The van der Waals surface area contributed by atoms with Gasteiger partial charge in [-0.3, -0.25) is 9.78 Å². The van der Waals surface area contributed by atoms with E-state index in [9.17, 15) is 13.2 Å². The Morgan fingerprint density at radius 2 is 2.00 bits per heavy atom.